The molecule has 1 heterocycles. The number of hydrogen-bond donors (Lipinski definition) is 0. The van der Waals surface area contributed by atoms with Gasteiger partial charge in [-0.2, -0.15) is 4.31 Å². The second-order valence-electron chi connectivity index (χ2n) is 9.46. The monoisotopic (exact) mass is 587 g/mol. The minimum atomic E-state index is -4.19. The van der Waals surface area contributed by atoms with Gasteiger partial charge in [-0.3, -0.25) is 9.10 Å². The first-order valence-electron chi connectivity index (χ1n) is 12.6. The Hall–Kier alpha value is -3.61. The van der Waals surface area contributed by atoms with Crippen molar-refractivity contribution in [3.63, 3.8) is 0 Å². The van der Waals surface area contributed by atoms with Crippen molar-refractivity contribution in [2.45, 2.75) is 23.6 Å². The highest BCUT2D eigenvalue weighted by atomic mass is 32.2. The van der Waals surface area contributed by atoms with E-state index < -0.39 is 32.5 Å². The topological polar surface area (TPSA) is 114 Å². The smallest absolute Gasteiger partial charge is 0.264 e. The summed E-state index contributed by atoms with van der Waals surface area (Å²) >= 11 is 0. The highest BCUT2D eigenvalue weighted by molar-refractivity contribution is 7.92. The number of sulfonamides is 2. The van der Waals surface area contributed by atoms with Crippen molar-refractivity contribution in [3.8, 4) is 11.5 Å². The number of anilines is 1. The van der Waals surface area contributed by atoms with Gasteiger partial charge in [-0.25, -0.2) is 16.8 Å². The fourth-order valence-corrected chi connectivity index (χ4v) is 7.24. The molecule has 12 heteroatoms. The molecule has 0 radical (unpaired) electrons. The van der Waals surface area contributed by atoms with Gasteiger partial charge in [0, 0.05) is 32.2 Å². The molecule has 0 bridgehead atoms. The standard InChI is InChI=1S/C28H33N3O7S2/c1-21-5-9-23(10-6-21)31(40(35,36)25-13-14-26(37-3)27(19-25)38-4)20-28(32)29-15-17-30(18-16-29)39(33,34)24-11-7-22(2)8-12-24/h5-14,19H,15-18,20H2,1-4H3. The number of rotatable bonds is 9. The van der Waals surface area contributed by atoms with Crippen LogP contribution in [0.1, 0.15) is 11.1 Å². The Morgan fingerprint density at radius 3 is 1.82 bits per heavy atom. The second kappa shape index (κ2) is 11.9. The van der Waals surface area contributed by atoms with Gasteiger partial charge in [0.1, 0.15) is 6.54 Å². The predicted molar refractivity (Wildman–Crippen MR) is 152 cm³/mol. The number of ether oxygens (including phenoxy) is 2. The van der Waals surface area contributed by atoms with Crippen molar-refractivity contribution in [1.82, 2.24) is 9.21 Å². The zero-order chi connectivity index (χ0) is 29.1. The average Bonchev–Trinajstić information content (AvgIpc) is 2.96. The molecule has 0 aromatic heterocycles. The largest absolute Gasteiger partial charge is 0.493 e. The Morgan fingerprint density at radius 1 is 0.750 bits per heavy atom. The molecule has 0 N–H and O–H groups in total. The molecule has 0 unspecified atom stereocenters. The first-order valence-corrected chi connectivity index (χ1v) is 15.5. The maximum Gasteiger partial charge on any atom is 0.264 e. The summed E-state index contributed by atoms with van der Waals surface area (Å²) in [5.74, 6) is 0.180. The van der Waals surface area contributed by atoms with E-state index in [1.807, 2.05) is 13.8 Å². The van der Waals surface area contributed by atoms with E-state index in [1.165, 1.54) is 41.6 Å². The number of carbonyl (C=O) groups is 1. The van der Waals surface area contributed by atoms with Crippen molar-refractivity contribution >= 4 is 31.6 Å². The summed E-state index contributed by atoms with van der Waals surface area (Å²) in [7, 11) is -5.03. The van der Waals surface area contributed by atoms with Crippen LogP contribution in [0.5, 0.6) is 11.5 Å². The normalized spacial score (nSPS) is 14.6. The summed E-state index contributed by atoms with van der Waals surface area (Å²) in [6.07, 6.45) is 0. The number of nitrogens with zero attached hydrogens (tertiary/aromatic N) is 3. The molecule has 1 aliphatic heterocycles. The number of aryl methyl sites for hydroxylation is 2. The van der Waals surface area contributed by atoms with Crippen LogP contribution in [0.25, 0.3) is 0 Å². The maximum atomic E-state index is 13.8. The Bertz CT molecular complexity index is 1570. The van der Waals surface area contributed by atoms with Gasteiger partial charge < -0.3 is 14.4 Å². The van der Waals surface area contributed by atoms with Crippen LogP contribution in [0, 0.1) is 13.8 Å². The van der Waals surface area contributed by atoms with Crippen molar-refractivity contribution < 1.29 is 31.1 Å². The lowest BCUT2D eigenvalue weighted by atomic mass is 10.2. The molecule has 0 atom stereocenters. The fourth-order valence-electron chi connectivity index (χ4n) is 4.39. The molecule has 1 amide bonds. The third kappa shape index (κ3) is 6.08. The van der Waals surface area contributed by atoms with E-state index in [-0.39, 0.29) is 41.7 Å². The zero-order valence-electron chi connectivity index (χ0n) is 22.9. The van der Waals surface area contributed by atoms with Gasteiger partial charge in [-0.1, -0.05) is 35.4 Å². The Balaban J connectivity index is 1.55. The summed E-state index contributed by atoms with van der Waals surface area (Å²) in [6.45, 7) is 3.80. The van der Waals surface area contributed by atoms with Crippen LogP contribution in [0.4, 0.5) is 5.69 Å². The minimum Gasteiger partial charge on any atom is -0.493 e. The van der Waals surface area contributed by atoms with E-state index in [2.05, 4.69) is 0 Å². The van der Waals surface area contributed by atoms with E-state index in [1.54, 1.807) is 48.5 Å². The second-order valence-corrected chi connectivity index (χ2v) is 13.3. The van der Waals surface area contributed by atoms with Gasteiger partial charge in [-0.05, 0) is 50.2 Å². The summed E-state index contributed by atoms with van der Waals surface area (Å²) in [5, 5.41) is 0. The quantitative estimate of drug-likeness (QED) is 0.378. The molecular weight excluding hydrogens is 554 g/mol. The maximum absolute atomic E-state index is 13.8. The molecule has 4 rings (SSSR count). The van der Waals surface area contributed by atoms with Gasteiger partial charge >= 0.3 is 0 Å². The molecule has 1 fully saturated rings. The number of hydrogen-bond acceptors (Lipinski definition) is 7. The van der Waals surface area contributed by atoms with Crippen molar-refractivity contribution in [2.75, 3.05) is 51.2 Å². The zero-order valence-corrected chi connectivity index (χ0v) is 24.5. The van der Waals surface area contributed by atoms with Crippen LogP contribution >= 0.6 is 0 Å². The number of methoxy groups -OCH3 is 2. The molecule has 1 saturated heterocycles. The van der Waals surface area contributed by atoms with E-state index >= 15 is 0 Å². The SMILES string of the molecule is COc1ccc(S(=O)(=O)N(CC(=O)N2CCN(S(=O)(=O)c3ccc(C)cc3)CC2)c2ccc(C)cc2)cc1OC. The Labute approximate surface area is 235 Å². The molecule has 40 heavy (non-hydrogen) atoms. The molecule has 10 nitrogen and oxygen atoms in total. The van der Waals surface area contributed by atoms with E-state index in [9.17, 15) is 21.6 Å². The predicted octanol–water partition coefficient (Wildman–Crippen LogP) is 3.05. The van der Waals surface area contributed by atoms with E-state index in [0.717, 1.165) is 15.4 Å². The number of amides is 1. The van der Waals surface area contributed by atoms with Crippen LogP contribution in [0.3, 0.4) is 0 Å². The van der Waals surface area contributed by atoms with Crippen LogP contribution in [0.15, 0.2) is 76.5 Å². The lowest BCUT2D eigenvalue weighted by Crippen LogP contribution is -2.53. The van der Waals surface area contributed by atoms with Crippen molar-refractivity contribution in [1.29, 1.82) is 0 Å². The van der Waals surface area contributed by atoms with Crippen LogP contribution < -0.4 is 13.8 Å². The van der Waals surface area contributed by atoms with Gasteiger partial charge in [0.2, 0.25) is 15.9 Å². The average molecular weight is 588 g/mol. The van der Waals surface area contributed by atoms with Gasteiger partial charge in [-0.15, -0.1) is 0 Å². The highest BCUT2D eigenvalue weighted by Gasteiger charge is 2.33. The molecular formula is C28H33N3O7S2. The molecule has 0 spiro atoms. The molecule has 214 valence electrons. The summed E-state index contributed by atoms with van der Waals surface area (Å²) in [5.41, 5.74) is 2.22. The third-order valence-corrected chi connectivity index (χ3v) is 10.5. The lowest BCUT2D eigenvalue weighted by Gasteiger charge is -2.35. The number of piperazine rings is 1. The Morgan fingerprint density at radius 2 is 1.27 bits per heavy atom. The first kappa shape index (κ1) is 29.4. The van der Waals surface area contributed by atoms with Crippen LogP contribution in [-0.4, -0.2) is 78.9 Å². The van der Waals surface area contributed by atoms with Crippen molar-refractivity contribution in [2.24, 2.45) is 0 Å². The third-order valence-electron chi connectivity index (χ3n) is 6.79. The Kier molecular flexibility index (Phi) is 8.71. The summed E-state index contributed by atoms with van der Waals surface area (Å²) in [6, 6.07) is 17.7. The number of carbonyl (C=O) groups excluding carboxylic acids is 1. The number of benzene rings is 3. The van der Waals surface area contributed by atoms with E-state index in [4.69, 9.17) is 9.47 Å². The molecule has 1 aliphatic rings. The summed E-state index contributed by atoms with van der Waals surface area (Å²) < 4.78 is 66.7. The van der Waals surface area contributed by atoms with Crippen LogP contribution in [0.2, 0.25) is 0 Å². The fraction of sp³-hybridized carbons (Fsp3) is 0.321. The minimum absolute atomic E-state index is 0.0625. The summed E-state index contributed by atoms with van der Waals surface area (Å²) in [4.78, 5) is 15.0. The first-order chi connectivity index (χ1) is 19.0. The molecule has 3 aromatic carbocycles. The van der Waals surface area contributed by atoms with Crippen molar-refractivity contribution in [3.05, 3.63) is 77.9 Å². The molecule has 0 saturated carbocycles. The van der Waals surface area contributed by atoms with Gasteiger partial charge in [0.25, 0.3) is 10.0 Å². The molecule has 0 aliphatic carbocycles. The van der Waals surface area contributed by atoms with Crippen LogP contribution in [-0.2, 0) is 24.8 Å². The van der Waals surface area contributed by atoms with Gasteiger partial charge in [0.05, 0.1) is 29.7 Å². The highest BCUT2D eigenvalue weighted by Crippen LogP contribution is 2.32. The van der Waals surface area contributed by atoms with Gasteiger partial charge in [0.15, 0.2) is 11.5 Å². The van der Waals surface area contributed by atoms with E-state index in [0.29, 0.717) is 11.4 Å². The molecule has 3 aromatic rings. The lowest BCUT2D eigenvalue weighted by molar-refractivity contribution is -0.130.